The number of hydrazine groups is 1. The van der Waals surface area contributed by atoms with Crippen molar-refractivity contribution >= 4 is 66.3 Å². The topological polar surface area (TPSA) is 15.3 Å². The lowest BCUT2D eigenvalue weighted by Crippen LogP contribution is -2.34. The van der Waals surface area contributed by atoms with Crippen molar-refractivity contribution in [3.8, 4) is 0 Å². The molecule has 0 saturated heterocycles. The molecule has 0 amide bonds. The third-order valence-corrected chi connectivity index (χ3v) is 6.75. The Kier molecular flexibility index (Phi) is 5.12. The highest BCUT2D eigenvalue weighted by Crippen LogP contribution is 2.38. The molecule has 2 nitrogen and oxygen atoms in total. The maximum atomic E-state index is 3.69. The fourth-order valence-electron chi connectivity index (χ4n) is 2.70. The average Bonchev–Trinajstić information content (AvgIpc) is 3.34. The van der Waals surface area contributed by atoms with E-state index in [0.29, 0.717) is 0 Å². The van der Waals surface area contributed by atoms with Crippen LogP contribution in [-0.4, -0.2) is 0 Å². The van der Waals surface area contributed by atoms with Gasteiger partial charge in [-0.05, 0) is 75.2 Å². The molecule has 1 atom stereocenters. The number of hydrogen-bond acceptors (Lipinski definition) is 4. The first-order valence-corrected chi connectivity index (χ1v) is 11.0. The standard InChI is InChI=1S/C19H14Br2N2S2/c20-13-5-8-17(16(21)11-13)23-18(19-4-2-10-25-19)12-14(22-23)6-7-15-3-1-9-24-15/h1-12,18,22H/t18-/m1/s1. The number of benzene rings is 1. The predicted molar refractivity (Wildman–Crippen MR) is 116 cm³/mol. The van der Waals surface area contributed by atoms with Gasteiger partial charge >= 0.3 is 0 Å². The Morgan fingerprint density at radius 1 is 1.00 bits per heavy atom. The van der Waals surface area contributed by atoms with Crippen LogP contribution in [0.2, 0.25) is 0 Å². The molecule has 0 saturated carbocycles. The van der Waals surface area contributed by atoms with Crippen LogP contribution in [0.5, 0.6) is 0 Å². The van der Waals surface area contributed by atoms with Gasteiger partial charge in [-0.25, -0.2) is 0 Å². The number of anilines is 1. The largest absolute Gasteiger partial charge is 0.298 e. The molecule has 0 aliphatic carbocycles. The summed E-state index contributed by atoms with van der Waals surface area (Å²) in [4.78, 5) is 2.56. The number of hydrogen-bond donors (Lipinski definition) is 1. The number of nitrogens with one attached hydrogen (secondary N) is 1. The normalized spacial score (nSPS) is 17.1. The van der Waals surface area contributed by atoms with E-state index in [-0.39, 0.29) is 6.04 Å². The van der Waals surface area contributed by atoms with Gasteiger partial charge < -0.3 is 0 Å². The fraction of sp³-hybridized carbons (Fsp3) is 0.0526. The van der Waals surface area contributed by atoms with E-state index in [1.165, 1.54) is 9.75 Å². The third kappa shape index (κ3) is 3.77. The van der Waals surface area contributed by atoms with Crippen LogP contribution in [0.25, 0.3) is 6.08 Å². The Hall–Kier alpha value is -1.34. The minimum absolute atomic E-state index is 0.167. The maximum Gasteiger partial charge on any atom is 0.105 e. The van der Waals surface area contributed by atoms with Crippen molar-refractivity contribution in [2.24, 2.45) is 0 Å². The number of nitrogens with zero attached hydrogens (tertiary/aromatic N) is 1. The van der Waals surface area contributed by atoms with Gasteiger partial charge in [0.15, 0.2) is 0 Å². The van der Waals surface area contributed by atoms with Gasteiger partial charge in [-0.2, -0.15) is 0 Å². The van der Waals surface area contributed by atoms with Crippen LogP contribution in [0.3, 0.4) is 0 Å². The Labute approximate surface area is 171 Å². The molecule has 3 heterocycles. The van der Waals surface area contributed by atoms with E-state index >= 15 is 0 Å². The molecular weight excluding hydrogens is 480 g/mol. The van der Waals surface area contributed by atoms with Gasteiger partial charge in [0.25, 0.3) is 0 Å². The van der Waals surface area contributed by atoms with E-state index in [2.05, 4.69) is 114 Å². The van der Waals surface area contributed by atoms with Crippen molar-refractivity contribution in [3.63, 3.8) is 0 Å². The van der Waals surface area contributed by atoms with Crippen LogP contribution in [0.4, 0.5) is 5.69 Å². The van der Waals surface area contributed by atoms with E-state index < -0.39 is 0 Å². The van der Waals surface area contributed by atoms with Gasteiger partial charge in [0, 0.05) is 18.7 Å². The molecule has 3 aromatic rings. The highest BCUT2D eigenvalue weighted by atomic mass is 79.9. The fourth-order valence-corrected chi connectivity index (χ4v) is 5.34. The van der Waals surface area contributed by atoms with Crippen LogP contribution in [-0.2, 0) is 0 Å². The van der Waals surface area contributed by atoms with Gasteiger partial charge in [-0.3, -0.25) is 10.4 Å². The number of rotatable bonds is 4. The molecule has 4 rings (SSSR count). The highest BCUT2D eigenvalue weighted by Gasteiger charge is 2.27. The Morgan fingerprint density at radius 3 is 2.56 bits per heavy atom. The molecule has 2 aromatic heterocycles. The van der Waals surface area contributed by atoms with Gasteiger partial charge in [-0.1, -0.05) is 28.1 Å². The van der Waals surface area contributed by atoms with Crippen molar-refractivity contribution in [1.82, 2.24) is 5.43 Å². The summed E-state index contributed by atoms with van der Waals surface area (Å²) in [5.41, 5.74) is 5.75. The van der Waals surface area contributed by atoms with E-state index in [4.69, 9.17) is 0 Å². The van der Waals surface area contributed by atoms with Gasteiger partial charge in [-0.15, -0.1) is 22.7 Å². The van der Waals surface area contributed by atoms with Crippen molar-refractivity contribution in [1.29, 1.82) is 0 Å². The van der Waals surface area contributed by atoms with Crippen molar-refractivity contribution in [2.45, 2.75) is 6.04 Å². The summed E-state index contributed by atoms with van der Waals surface area (Å²) in [5, 5.41) is 6.42. The second kappa shape index (κ2) is 7.50. The highest BCUT2D eigenvalue weighted by molar-refractivity contribution is 9.11. The summed E-state index contributed by atoms with van der Waals surface area (Å²) in [7, 11) is 0. The zero-order valence-corrected chi connectivity index (χ0v) is 17.8. The second-order valence-electron chi connectivity index (χ2n) is 5.51. The SMILES string of the molecule is Brc1ccc(N2NC(C=Cc3cccs3)=C[C@@H]2c2cccs2)c(Br)c1. The molecule has 1 aliphatic rings. The molecule has 6 heteroatoms. The summed E-state index contributed by atoms with van der Waals surface area (Å²) < 4.78 is 2.11. The van der Waals surface area contributed by atoms with Crippen LogP contribution in [0.1, 0.15) is 15.8 Å². The molecule has 0 spiro atoms. The van der Waals surface area contributed by atoms with E-state index in [9.17, 15) is 0 Å². The Balaban J connectivity index is 1.67. The number of allylic oxidation sites excluding steroid dienone is 1. The summed E-state index contributed by atoms with van der Waals surface area (Å²) in [6.07, 6.45) is 6.55. The van der Waals surface area contributed by atoms with E-state index in [1.54, 1.807) is 22.7 Å². The minimum atomic E-state index is 0.167. The number of thiophene rings is 2. The molecular formula is C19H14Br2N2S2. The molecule has 0 fully saturated rings. The molecule has 0 radical (unpaired) electrons. The van der Waals surface area contributed by atoms with E-state index in [1.807, 2.05) is 0 Å². The molecule has 0 bridgehead atoms. The monoisotopic (exact) mass is 492 g/mol. The second-order valence-corrected chi connectivity index (χ2v) is 9.24. The zero-order valence-electron chi connectivity index (χ0n) is 13.0. The Bertz CT molecular complexity index is 915. The van der Waals surface area contributed by atoms with Gasteiger partial charge in [0.05, 0.1) is 11.4 Å². The van der Waals surface area contributed by atoms with Crippen LogP contribution >= 0.6 is 54.5 Å². The third-order valence-electron chi connectivity index (χ3n) is 3.84. The average molecular weight is 494 g/mol. The predicted octanol–water partition coefficient (Wildman–Crippen LogP) is 7.00. The first kappa shape index (κ1) is 17.1. The van der Waals surface area contributed by atoms with Crippen LogP contribution < -0.4 is 10.4 Å². The van der Waals surface area contributed by atoms with Crippen molar-refractivity contribution in [2.75, 3.05) is 5.01 Å². The summed E-state index contributed by atoms with van der Waals surface area (Å²) >= 11 is 10.7. The lowest BCUT2D eigenvalue weighted by molar-refractivity contribution is 0.716. The first-order valence-electron chi connectivity index (χ1n) is 7.68. The Morgan fingerprint density at radius 2 is 1.84 bits per heavy atom. The molecule has 1 N–H and O–H groups in total. The zero-order chi connectivity index (χ0) is 17.2. The summed E-state index contributed by atoms with van der Waals surface area (Å²) in [5.74, 6) is 0. The first-order chi connectivity index (χ1) is 12.2. The number of halogens is 2. The summed E-state index contributed by atoms with van der Waals surface area (Å²) in [6.45, 7) is 0. The van der Waals surface area contributed by atoms with Crippen LogP contribution in [0.15, 0.2) is 80.0 Å². The van der Waals surface area contributed by atoms with Gasteiger partial charge in [0.2, 0.25) is 0 Å². The molecule has 25 heavy (non-hydrogen) atoms. The van der Waals surface area contributed by atoms with Gasteiger partial charge in [0.1, 0.15) is 6.04 Å². The lowest BCUT2D eigenvalue weighted by Gasteiger charge is -2.27. The summed E-state index contributed by atoms with van der Waals surface area (Å²) in [6, 6.07) is 14.9. The molecule has 1 aliphatic heterocycles. The van der Waals surface area contributed by atoms with Crippen molar-refractivity contribution in [3.05, 3.63) is 89.8 Å². The quantitative estimate of drug-likeness (QED) is 0.421. The smallest absolute Gasteiger partial charge is 0.105 e. The van der Waals surface area contributed by atoms with Crippen LogP contribution in [0, 0.1) is 0 Å². The lowest BCUT2D eigenvalue weighted by atomic mass is 10.2. The van der Waals surface area contributed by atoms with E-state index in [0.717, 1.165) is 20.3 Å². The maximum absolute atomic E-state index is 3.69. The molecule has 0 unspecified atom stereocenters. The molecule has 126 valence electrons. The minimum Gasteiger partial charge on any atom is -0.298 e. The van der Waals surface area contributed by atoms with Crippen molar-refractivity contribution < 1.29 is 0 Å². The molecule has 1 aromatic carbocycles.